The number of hydrogen-bond acceptors (Lipinski definition) is 2. The lowest BCUT2D eigenvalue weighted by Gasteiger charge is -2.21. The predicted molar refractivity (Wildman–Crippen MR) is 83.1 cm³/mol. The first-order valence-electron chi connectivity index (χ1n) is 6.82. The number of ether oxygens (including phenoxy) is 1. The van der Waals surface area contributed by atoms with Gasteiger partial charge in [0.15, 0.2) is 0 Å². The van der Waals surface area contributed by atoms with Gasteiger partial charge < -0.3 is 9.84 Å². The molecule has 0 fully saturated rings. The molecule has 0 bridgehead atoms. The van der Waals surface area contributed by atoms with Crippen LogP contribution in [0.3, 0.4) is 0 Å². The van der Waals surface area contributed by atoms with Crippen LogP contribution in [0.2, 0.25) is 31.2 Å². The predicted octanol–water partition coefficient (Wildman–Crippen LogP) is 3.68. The Labute approximate surface area is 114 Å². The summed E-state index contributed by atoms with van der Waals surface area (Å²) in [6.45, 7) is 9.60. The van der Waals surface area contributed by atoms with Crippen LogP contribution in [0, 0.1) is 0 Å². The van der Waals surface area contributed by atoms with Crippen molar-refractivity contribution in [1.29, 1.82) is 0 Å². The standard InChI is InChI=1S/C13H28O3Si2/c1-12(2)11-17-8-10-18(3,4)9-6-5-7-16-13(14)15/h11H,5-10,17H2,1-4H3,(H,14,15). The maximum Gasteiger partial charge on any atom is 0.505 e. The molecule has 18 heavy (non-hydrogen) atoms. The Kier molecular flexibility index (Phi) is 9.09. The number of carbonyl (C=O) groups is 1. The first-order chi connectivity index (χ1) is 8.33. The lowest BCUT2D eigenvalue weighted by atomic mass is 10.4. The molecule has 0 amide bonds. The van der Waals surface area contributed by atoms with E-state index in [1.807, 2.05) is 0 Å². The fourth-order valence-electron chi connectivity index (χ4n) is 1.96. The topological polar surface area (TPSA) is 46.5 Å². The van der Waals surface area contributed by atoms with E-state index in [0.29, 0.717) is 6.61 Å². The summed E-state index contributed by atoms with van der Waals surface area (Å²) >= 11 is 0. The number of unbranched alkanes of at least 4 members (excludes halogenated alkanes) is 1. The van der Waals surface area contributed by atoms with E-state index in [1.165, 1.54) is 23.7 Å². The molecule has 3 nitrogen and oxygen atoms in total. The second-order valence-corrected chi connectivity index (χ2v) is 12.9. The molecule has 0 rings (SSSR count). The van der Waals surface area contributed by atoms with Crippen molar-refractivity contribution in [2.24, 2.45) is 0 Å². The third-order valence-corrected chi connectivity index (χ3v) is 9.07. The summed E-state index contributed by atoms with van der Waals surface area (Å²) < 4.78 is 4.51. The molecule has 0 heterocycles. The maximum absolute atomic E-state index is 10.2. The highest BCUT2D eigenvalue weighted by Crippen LogP contribution is 2.20. The molecule has 0 unspecified atom stereocenters. The monoisotopic (exact) mass is 288 g/mol. The summed E-state index contributed by atoms with van der Waals surface area (Å²) in [5.74, 6) is 0. The zero-order valence-electron chi connectivity index (χ0n) is 12.3. The van der Waals surface area contributed by atoms with Crippen molar-refractivity contribution in [2.45, 2.75) is 57.9 Å². The van der Waals surface area contributed by atoms with Gasteiger partial charge in [0, 0.05) is 17.6 Å². The number of carboxylic acid groups (broad SMARTS) is 1. The SMILES string of the molecule is CC(C)=C[SiH2]CC[Si](C)(C)CCCCOC(=O)O. The van der Waals surface area contributed by atoms with E-state index in [-0.39, 0.29) is 9.52 Å². The van der Waals surface area contributed by atoms with Gasteiger partial charge in [-0.2, -0.15) is 0 Å². The molecule has 1 N–H and O–H groups in total. The highest BCUT2D eigenvalue weighted by Gasteiger charge is 2.19. The van der Waals surface area contributed by atoms with Crippen LogP contribution in [0.5, 0.6) is 0 Å². The summed E-state index contributed by atoms with van der Waals surface area (Å²) in [5.41, 5.74) is 3.91. The van der Waals surface area contributed by atoms with Gasteiger partial charge in [0.2, 0.25) is 0 Å². The molecule has 0 aromatic heterocycles. The average molecular weight is 289 g/mol. The van der Waals surface area contributed by atoms with Crippen LogP contribution in [0.15, 0.2) is 11.3 Å². The molecule has 0 aliphatic carbocycles. The third kappa shape index (κ3) is 11.9. The molecule has 0 saturated heterocycles. The minimum atomic E-state index is -1.15. The quantitative estimate of drug-likeness (QED) is 0.400. The van der Waals surface area contributed by atoms with Crippen molar-refractivity contribution in [3.8, 4) is 0 Å². The van der Waals surface area contributed by atoms with E-state index in [9.17, 15) is 4.79 Å². The Hall–Kier alpha value is -0.556. The molecule has 0 aliphatic rings. The third-order valence-electron chi connectivity index (χ3n) is 3.08. The first-order valence-corrected chi connectivity index (χ1v) is 12.1. The summed E-state index contributed by atoms with van der Waals surface area (Å²) in [4.78, 5) is 10.2. The number of hydrogen-bond donors (Lipinski definition) is 1. The molecular formula is C13H28O3Si2. The van der Waals surface area contributed by atoms with Crippen LogP contribution in [-0.2, 0) is 4.74 Å². The van der Waals surface area contributed by atoms with E-state index in [0.717, 1.165) is 12.8 Å². The van der Waals surface area contributed by atoms with E-state index < -0.39 is 14.2 Å². The van der Waals surface area contributed by atoms with Gasteiger partial charge in [-0.3, -0.25) is 0 Å². The zero-order chi connectivity index (χ0) is 14.0. The number of rotatable bonds is 9. The van der Waals surface area contributed by atoms with Crippen LogP contribution in [0.1, 0.15) is 26.7 Å². The van der Waals surface area contributed by atoms with Gasteiger partial charge in [-0.05, 0) is 20.3 Å². The van der Waals surface area contributed by atoms with E-state index >= 15 is 0 Å². The highest BCUT2D eigenvalue weighted by atomic mass is 28.3. The summed E-state index contributed by atoms with van der Waals surface area (Å²) in [6.07, 6.45) is 0.824. The molecule has 0 saturated carbocycles. The van der Waals surface area contributed by atoms with Crippen molar-refractivity contribution >= 4 is 23.7 Å². The molecule has 0 aromatic carbocycles. The van der Waals surface area contributed by atoms with Crippen molar-refractivity contribution in [3.05, 3.63) is 11.3 Å². The molecule has 0 aromatic rings. The Morgan fingerprint density at radius 2 is 1.94 bits per heavy atom. The molecule has 0 spiro atoms. The summed E-state index contributed by atoms with van der Waals surface area (Å²) in [7, 11) is -1.04. The molecule has 106 valence electrons. The van der Waals surface area contributed by atoms with Gasteiger partial charge in [-0.25, -0.2) is 4.79 Å². The number of allylic oxidation sites excluding steroid dienone is 1. The van der Waals surface area contributed by atoms with E-state index in [1.54, 1.807) is 0 Å². The first kappa shape index (κ1) is 17.4. The fraction of sp³-hybridized carbons (Fsp3) is 0.769. The second kappa shape index (κ2) is 9.38. The van der Waals surface area contributed by atoms with Crippen molar-refractivity contribution in [2.75, 3.05) is 6.61 Å². The Balaban J connectivity index is 3.60. The van der Waals surface area contributed by atoms with E-state index in [2.05, 4.69) is 37.4 Å². The van der Waals surface area contributed by atoms with Crippen LogP contribution >= 0.6 is 0 Å². The summed E-state index contributed by atoms with van der Waals surface area (Å²) in [6, 6.07) is 4.14. The lowest BCUT2D eigenvalue weighted by molar-refractivity contribution is 0.0904. The smallest absolute Gasteiger partial charge is 0.450 e. The van der Waals surface area contributed by atoms with Crippen LogP contribution < -0.4 is 0 Å². The van der Waals surface area contributed by atoms with Gasteiger partial charge in [-0.15, -0.1) is 5.70 Å². The van der Waals surface area contributed by atoms with Gasteiger partial charge in [-0.1, -0.05) is 43.2 Å². The van der Waals surface area contributed by atoms with Crippen molar-refractivity contribution < 1.29 is 14.6 Å². The van der Waals surface area contributed by atoms with E-state index in [4.69, 9.17) is 5.11 Å². The average Bonchev–Trinajstić information content (AvgIpc) is 2.23. The Morgan fingerprint density at radius 1 is 1.28 bits per heavy atom. The van der Waals surface area contributed by atoms with Crippen LogP contribution in [0.25, 0.3) is 0 Å². The normalized spacial score (nSPS) is 11.8. The zero-order valence-corrected chi connectivity index (χ0v) is 14.7. The van der Waals surface area contributed by atoms with Gasteiger partial charge in [0.1, 0.15) is 0 Å². The summed E-state index contributed by atoms with van der Waals surface area (Å²) in [5, 5.41) is 8.35. The lowest BCUT2D eigenvalue weighted by Crippen LogP contribution is -2.25. The van der Waals surface area contributed by atoms with Gasteiger partial charge in [0.05, 0.1) is 6.61 Å². The fourth-order valence-corrected chi connectivity index (χ4v) is 8.84. The Bertz CT molecular complexity index is 271. The Morgan fingerprint density at radius 3 is 2.50 bits per heavy atom. The largest absolute Gasteiger partial charge is 0.505 e. The van der Waals surface area contributed by atoms with Gasteiger partial charge >= 0.3 is 6.16 Å². The molecule has 5 heteroatoms. The van der Waals surface area contributed by atoms with Crippen LogP contribution in [-0.4, -0.2) is 35.5 Å². The molecular weight excluding hydrogens is 260 g/mol. The highest BCUT2D eigenvalue weighted by molar-refractivity contribution is 6.78. The molecule has 0 aliphatic heterocycles. The molecule has 0 atom stereocenters. The maximum atomic E-state index is 10.2. The minimum Gasteiger partial charge on any atom is -0.450 e. The van der Waals surface area contributed by atoms with Crippen molar-refractivity contribution in [3.63, 3.8) is 0 Å². The second-order valence-electron chi connectivity index (χ2n) is 5.91. The van der Waals surface area contributed by atoms with Crippen LogP contribution in [0.4, 0.5) is 4.79 Å². The molecule has 0 radical (unpaired) electrons. The minimum absolute atomic E-state index is 0.0107. The van der Waals surface area contributed by atoms with Crippen molar-refractivity contribution in [1.82, 2.24) is 0 Å². The van der Waals surface area contributed by atoms with Gasteiger partial charge in [0.25, 0.3) is 0 Å².